The second-order valence-corrected chi connectivity index (χ2v) is 6.23. The van der Waals surface area contributed by atoms with Gasteiger partial charge in [0.1, 0.15) is 11.9 Å². The molecule has 0 amide bonds. The smallest absolute Gasteiger partial charge is 0.121 e. The lowest BCUT2D eigenvalue weighted by molar-refractivity contribution is 0.145. The summed E-state index contributed by atoms with van der Waals surface area (Å²) in [6.45, 7) is 2.06. The SMILES string of the molecule is CC(Oc1cccc(Cl)c1)C(CC1CCCCC1)NN. The third-order valence-corrected chi connectivity index (χ3v) is 4.45. The van der Waals surface area contributed by atoms with E-state index in [1.54, 1.807) is 0 Å². The molecule has 3 nitrogen and oxygen atoms in total. The van der Waals surface area contributed by atoms with E-state index in [0.29, 0.717) is 5.02 Å². The predicted octanol–water partition coefficient (Wildman–Crippen LogP) is 3.91. The molecule has 1 aliphatic carbocycles. The van der Waals surface area contributed by atoms with Crippen molar-refractivity contribution in [2.24, 2.45) is 11.8 Å². The van der Waals surface area contributed by atoms with Gasteiger partial charge in [-0.25, -0.2) is 0 Å². The minimum atomic E-state index is 0.0281. The van der Waals surface area contributed by atoms with E-state index < -0.39 is 0 Å². The molecule has 112 valence electrons. The van der Waals surface area contributed by atoms with Crippen molar-refractivity contribution in [1.82, 2.24) is 5.43 Å². The van der Waals surface area contributed by atoms with Crippen molar-refractivity contribution in [3.05, 3.63) is 29.3 Å². The van der Waals surface area contributed by atoms with Gasteiger partial charge in [-0.1, -0.05) is 49.8 Å². The maximum absolute atomic E-state index is 5.98. The highest BCUT2D eigenvalue weighted by atomic mass is 35.5. The number of hydrogen-bond donors (Lipinski definition) is 2. The lowest BCUT2D eigenvalue weighted by Gasteiger charge is -2.30. The van der Waals surface area contributed by atoms with Crippen LogP contribution in [0, 0.1) is 5.92 Å². The molecule has 0 heterocycles. The molecule has 1 aliphatic rings. The monoisotopic (exact) mass is 296 g/mol. The Labute approximate surface area is 126 Å². The van der Waals surface area contributed by atoms with Crippen LogP contribution < -0.4 is 16.0 Å². The number of hydrogen-bond acceptors (Lipinski definition) is 3. The third-order valence-electron chi connectivity index (χ3n) is 4.21. The van der Waals surface area contributed by atoms with Crippen molar-refractivity contribution in [3.63, 3.8) is 0 Å². The molecule has 1 saturated carbocycles. The van der Waals surface area contributed by atoms with Crippen LogP contribution in [0.5, 0.6) is 5.75 Å². The molecule has 0 aromatic heterocycles. The van der Waals surface area contributed by atoms with Crippen molar-refractivity contribution in [3.8, 4) is 5.75 Å². The van der Waals surface area contributed by atoms with Crippen LogP contribution in [0.25, 0.3) is 0 Å². The fourth-order valence-corrected chi connectivity index (χ4v) is 3.19. The Balaban J connectivity index is 1.89. The van der Waals surface area contributed by atoms with Gasteiger partial charge < -0.3 is 4.74 Å². The summed E-state index contributed by atoms with van der Waals surface area (Å²) < 4.78 is 5.96. The highest BCUT2D eigenvalue weighted by Crippen LogP contribution is 2.28. The molecule has 20 heavy (non-hydrogen) atoms. The summed E-state index contributed by atoms with van der Waals surface area (Å²) >= 11 is 5.98. The average molecular weight is 297 g/mol. The van der Waals surface area contributed by atoms with Crippen LogP contribution >= 0.6 is 11.6 Å². The number of rotatable bonds is 6. The summed E-state index contributed by atoms with van der Waals surface area (Å²) in [6, 6.07) is 7.69. The Bertz CT molecular complexity index is 407. The van der Waals surface area contributed by atoms with E-state index >= 15 is 0 Å². The number of hydrazine groups is 1. The fraction of sp³-hybridized carbons (Fsp3) is 0.625. The van der Waals surface area contributed by atoms with E-state index in [1.807, 2.05) is 24.3 Å². The molecule has 2 rings (SSSR count). The van der Waals surface area contributed by atoms with Crippen LogP contribution in [0.4, 0.5) is 0 Å². The summed E-state index contributed by atoms with van der Waals surface area (Å²) in [6.07, 6.45) is 7.84. The highest BCUT2D eigenvalue weighted by Gasteiger charge is 2.23. The van der Waals surface area contributed by atoms with E-state index in [0.717, 1.165) is 18.1 Å². The standard InChI is InChI=1S/C16H25ClN2O/c1-12(20-15-9-5-8-14(17)11-15)16(19-18)10-13-6-3-2-4-7-13/h5,8-9,11-13,16,19H,2-4,6-7,10,18H2,1H3. The van der Waals surface area contributed by atoms with Crippen LogP contribution in [0.15, 0.2) is 24.3 Å². The first-order chi connectivity index (χ1) is 9.69. The van der Waals surface area contributed by atoms with Gasteiger partial charge in [-0.15, -0.1) is 0 Å². The third kappa shape index (κ3) is 4.65. The molecule has 2 unspecified atom stereocenters. The number of nitrogens with one attached hydrogen (secondary N) is 1. The maximum Gasteiger partial charge on any atom is 0.121 e. The zero-order valence-electron chi connectivity index (χ0n) is 12.1. The minimum Gasteiger partial charge on any atom is -0.489 e. The van der Waals surface area contributed by atoms with Gasteiger partial charge in [-0.2, -0.15) is 0 Å². The van der Waals surface area contributed by atoms with Crippen molar-refractivity contribution >= 4 is 11.6 Å². The van der Waals surface area contributed by atoms with Crippen LogP contribution in [0.1, 0.15) is 45.4 Å². The number of nitrogens with two attached hydrogens (primary N) is 1. The fourth-order valence-electron chi connectivity index (χ4n) is 3.01. The van der Waals surface area contributed by atoms with Crippen LogP contribution in [0.2, 0.25) is 5.02 Å². The van der Waals surface area contributed by atoms with Crippen molar-refractivity contribution in [2.45, 2.75) is 57.6 Å². The molecule has 0 bridgehead atoms. The Kier molecular flexibility index (Phi) is 6.14. The quantitative estimate of drug-likeness (QED) is 0.618. The molecule has 0 spiro atoms. The summed E-state index contributed by atoms with van der Waals surface area (Å²) in [5, 5.41) is 0.694. The van der Waals surface area contributed by atoms with Gasteiger partial charge >= 0.3 is 0 Å². The summed E-state index contributed by atoms with van der Waals surface area (Å²) in [5.41, 5.74) is 2.93. The van der Waals surface area contributed by atoms with Gasteiger partial charge in [0, 0.05) is 5.02 Å². The van der Waals surface area contributed by atoms with Gasteiger partial charge in [0.15, 0.2) is 0 Å². The van der Waals surface area contributed by atoms with E-state index in [9.17, 15) is 0 Å². The minimum absolute atomic E-state index is 0.0281. The molecule has 1 aromatic rings. The molecule has 0 saturated heterocycles. The molecular weight excluding hydrogens is 272 g/mol. The molecule has 1 aromatic carbocycles. The zero-order chi connectivity index (χ0) is 14.4. The van der Waals surface area contributed by atoms with Gasteiger partial charge in [-0.3, -0.25) is 11.3 Å². The Morgan fingerprint density at radius 2 is 2.10 bits per heavy atom. The molecule has 2 atom stereocenters. The summed E-state index contributed by atoms with van der Waals surface area (Å²) in [4.78, 5) is 0. The normalized spacial score (nSPS) is 19.6. The zero-order valence-corrected chi connectivity index (χ0v) is 12.9. The van der Waals surface area contributed by atoms with Gasteiger partial charge in [-0.05, 0) is 37.5 Å². The second kappa shape index (κ2) is 7.87. The lowest BCUT2D eigenvalue weighted by Crippen LogP contribution is -2.46. The maximum atomic E-state index is 5.98. The number of benzene rings is 1. The highest BCUT2D eigenvalue weighted by molar-refractivity contribution is 6.30. The molecule has 0 aliphatic heterocycles. The topological polar surface area (TPSA) is 47.3 Å². The van der Waals surface area contributed by atoms with Gasteiger partial charge in [0.05, 0.1) is 6.04 Å². The number of halogens is 1. The van der Waals surface area contributed by atoms with E-state index in [1.165, 1.54) is 32.1 Å². The molecule has 1 fully saturated rings. The van der Waals surface area contributed by atoms with Crippen LogP contribution in [-0.2, 0) is 0 Å². The Hall–Kier alpha value is -0.770. The Morgan fingerprint density at radius 3 is 2.75 bits per heavy atom. The van der Waals surface area contributed by atoms with Crippen molar-refractivity contribution in [1.29, 1.82) is 0 Å². The van der Waals surface area contributed by atoms with Crippen LogP contribution in [0.3, 0.4) is 0 Å². The second-order valence-electron chi connectivity index (χ2n) is 5.79. The van der Waals surface area contributed by atoms with Crippen molar-refractivity contribution in [2.75, 3.05) is 0 Å². The number of ether oxygens (including phenoxy) is 1. The first-order valence-electron chi connectivity index (χ1n) is 7.57. The average Bonchev–Trinajstić information content (AvgIpc) is 2.45. The predicted molar refractivity (Wildman–Crippen MR) is 83.8 cm³/mol. The summed E-state index contributed by atoms with van der Waals surface area (Å²) in [5.74, 6) is 7.29. The first-order valence-corrected chi connectivity index (χ1v) is 7.95. The lowest BCUT2D eigenvalue weighted by atomic mass is 9.84. The first kappa shape index (κ1) is 15.6. The van der Waals surface area contributed by atoms with Crippen molar-refractivity contribution < 1.29 is 4.74 Å². The molecular formula is C16H25ClN2O. The molecule has 3 N–H and O–H groups in total. The van der Waals surface area contributed by atoms with Crippen LogP contribution in [-0.4, -0.2) is 12.1 Å². The molecule has 0 radical (unpaired) electrons. The molecule has 4 heteroatoms. The van der Waals surface area contributed by atoms with E-state index in [-0.39, 0.29) is 12.1 Å². The van der Waals surface area contributed by atoms with E-state index in [4.69, 9.17) is 22.2 Å². The largest absolute Gasteiger partial charge is 0.489 e. The van der Waals surface area contributed by atoms with E-state index in [2.05, 4.69) is 12.3 Å². The Morgan fingerprint density at radius 1 is 1.35 bits per heavy atom. The van der Waals surface area contributed by atoms with Gasteiger partial charge in [0.25, 0.3) is 0 Å². The van der Waals surface area contributed by atoms with Gasteiger partial charge in [0.2, 0.25) is 0 Å². The summed E-state index contributed by atoms with van der Waals surface area (Å²) in [7, 11) is 0.